The highest BCUT2D eigenvalue weighted by molar-refractivity contribution is 6.02. The molecule has 0 radical (unpaired) electrons. The summed E-state index contributed by atoms with van der Waals surface area (Å²) < 4.78 is 6.08. The maximum Gasteiger partial charge on any atom is 0.229 e. The molecule has 0 bridgehead atoms. The minimum absolute atomic E-state index is 0.531. The van der Waals surface area contributed by atoms with E-state index >= 15 is 0 Å². The molecule has 10 rings (SSSR count). The number of rotatable bonds is 7. The number of aromatic nitrogens is 5. The molecule has 0 aliphatic heterocycles. The van der Waals surface area contributed by atoms with E-state index in [4.69, 9.17) is 19.4 Å². The van der Waals surface area contributed by atoms with Crippen LogP contribution in [0.2, 0.25) is 0 Å². The highest BCUT2D eigenvalue weighted by Crippen LogP contribution is 2.34. The SMILES string of the molecule is c1ccc(-c2ccc(-c3cc(-c4ccc(-c5ncc6oc7ncc(-c8cccc(-c9ccccc9)c8)cc7c6n5)cc4)nc(-c4ccccc4)n3)cc2)cc1. The van der Waals surface area contributed by atoms with Crippen molar-refractivity contribution in [3.05, 3.63) is 188 Å². The Morgan fingerprint density at radius 1 is 0.327 bits per heavy atom. The lowest BCUT2D eigenvalue weighted by molar-refractivity contribution is 0.651. The Kier molecular flexibility index (Phi) is 8.04. The van der Waals surface area contributed by atoms with E-state index in [2.05, 4.69) is 131 Å². The maximum atomic E-state index is 6.08. The maximum absolute atomic E-state index is 6.08. The second kappa shape index (κ2) is 13.8. The first-order valence-corrected chi connectivity index (χ1v) is 18.1. The molecule has 0 atom stereocenters. The van der Waals surface area contributed by atoms with E-state index in [1.165, 1.54) is 11.1 Å². The minimum atomic E-state index is 0.531. The fourth-order valence-corrected chi connectivity index (χ4v) is 6.97. The van der Waals surface area contributed by atoms with E-state index in [-0.39, 0.29) is 0 Å². The molecule has 4 aromatic heterocycles. The molecule has 0 saturated heterocycles. The summed E-state index contributed by atoms with van der Waals surface area (Å²) in [5.74, 6) is 1.27. The van der Waals surface area contributed by atoms with Gasteiger partial charge in [-0.3, -0.25) is 0 Å². The molecule has 4 heterocycles. The first-order chi connectivity index (χ1) is 27.2. The van der Waals surface area contributed by atoms with Gasteiger partial charge in [0.05, 0.1) is 23.0 Å². The molecule has 0 N–H and O–H groups in total. The van der Waals surface area contributed by atoms with Crippen molar-refractivity contribution in [3.63, 3.8) is 0 Å². The largest absolute Gasteiger partial charge is 0.434 e. The third-order valence-corrected chi connectivity index (χ3v) is 9.86. The van der Waals surface area contributed by atoms with Crippen LogP contribution in [0.1, 0.15) is 0 Å². The van der Waals surface area contributed by atoms with Gasteiger partial charge in [0, 0.05) is 34.0 Å². The average Bonchev–Trinajstić information content (AvgIpc) is 3.65. The van der Waals surface area contributed by atoms with E-state index in [0.717, 1.165) is 66.8 Å². The summed E-state index contributed by atoms with van der Waals surface area (Å²) in [6.45, 7) is 0. The van der Waals surface area contributed by atoms with E-state index in [1.54, 1.807) is 6.20 Å². The van der Waals surface area contributed by atoms with Gasteiger partial charge in [-0.25, -0.2) is 24.9 Å². The number of pyridine rings is 1. The fraction of sp³-hybridized carbons (Fsp3) is 0. The van der Waals surface area contributed by atoms with Crippen LogP contribution in [0, 0.1) is 0 Å². The van der Waals surface area contributed by atoms with Crippen molar-refractivity contribution in [2.24, 2.45) is 0 Å². The average molecular weight is 706 g/mol. The summed E-state index contributed by atoms with van der Waals surface area (Å²) in [6.07, 6.45) is 3.58. The lowest BCUT2D eigenvalue weighted by Gasteiger charge is -2.10. The Bertz CT molecular complexity index is 2940. The molecule has 0 aliphatic rings. The third kappa shape index (κ3) is 6.32. The van der Waals surface area contributed by atoms with Crippen molar-refractivity contribution < 1.29 is 4.42 Å². The van der Waals surface area contributed by atoms with Crippen LogP contribution in [0.4, 0.5) is 0 Å². The number of benzene rings is 6. The number of fused-ring (bicyclic) bond motifs is 3. The molecule has 55 heavy (non-hydrogen) atoms. The first kappa shape index (κ1) is 32.1. The summed E-state index contributed by atoms with van der Waals surface area (Å²) in [4.78, 5) is 24.4. The molecular formula is C49H31N5O. The lowest BCUT2D eigenvalue weighted by Crippen LogP contribution is -1.96. The van der Waals surface area contributed by atoms with Gasteiger partial charge >= 0.3 is 0 Å². The molecule has 258 valence electrons. The highest BCUT2D eigenvalue weighted by Gasteiger charge is 2.16. The molecule has 6 nitrogen and oxygen atoms in total. The standard InChI is InChI=1S/C49H31N5O/c1-4-11-32(12-5-1)34-19-21-35(22-20-34)43-29-44(53-48(52-43)37-15-8-3-9-16-37)36-23-25-38(26-24-36)47-50-31-45-46(54-47)42-28-41(30-51-49(42)55-45)40-18-10-17-39(27-40)33-13-6-2-7-14-33/h1-31H. The quantitative estimate of drug-likeness (QED) is 0.164. The van der Waals surface area contributed by atoms with Crippen LogP contribution in [0.25, 0.3) is 101 Å². The van der Waals surface area contributed by atoms with Gasteiger partial charge in [-0.05, 0) is 46.0 Å². The zero-order chi connectivity index (χ0) is 36.6. The van der Waals surface area contributed by atoms with Gasteiger partial charge in [-0.2, -0.15) is 0 Å². The highest BCUT2D eigenvalue weighted by atomic mass is 16.3. The zero-order valence-corrected chi connectivity index (χ0v) is 29.5. The fourth-order valence-electron chi connectivity index (χ4n) is 6.97. The Morgan fingerprint density at radius 3 is 1.45 bits per heavy atom. The van der Waals surface area contributed by atoms with Crippen LogP contribution in [-0.2, 0) is 0 Å². The van der Waals surface area contributed by atoms with Crippen molar-refractivity contribution in [2.45, 2.75) is 0 Å². The van der Waals surface area contributed by atoms with E-state index in [1.807, 2.05) is 60.8 Å². The van der Waals surface area contributed by atoms with E-state index in [0.29, 0.717) is 22.9 Å². The molecule has 6 aromatic carbocycles. The molecule has 0 fully saturated rings. The van der Waals surface area contributed by atoms with Crippen LogP contribution < -0.4 is 0 Å². The number of hydrogen-bond donors (Lipinski definition) is 0. The Hall–Kier alpha value is -7.57. The predicted octanol–water partition coefficient (Wildman–Crippen LogP) is 12.2. The van der Waals surface area contributed by atoms with Crippen LogP contribution >= 0.6 is 0 Å². The van der Waals surface area contributed by atoms with Gasteiger partial charge < -0.3 is 4.42 Å². The van der Waals surface area contributed by atoms with E-state index in [9.17, 15) is 0 Å². The van der Waals surface area contributed by atoms with Crippen molar-refractivity contribution in [1.82, 2.24) is 24.9 Å². The summed E-state index contributed by atoms with van der Waals surface area (Å²) in [6, 6.07) is 60.3. The molecule has 0 amide bonds. The summed E-state index contributed by atoms with van der Waals surface area (Å²) in [5.41, 5.74) is 14.1. The molecule has 0 unspecified atom stereocenters. The van der Waals surface area contributed by atoms with Crippen LogP contribution in [0.5, 0.6) is 0 Å². The zero-order valence-electron chi connectivity index (χ0n) is 29.5. The monoisotopic (exact) mass is 705 g/mol. The molecular weight excluding hydrogens is 675 g/mol. The van der Waals surface area contributed by atoms with E-state index < -0.39 is 0 Å². The smallest absolute Gasteiger partial charge is 0.229 e. The van der Waals surface area contributed by atoms with Gasteiger partial charge in [0.15, 0.2) is 17.2 Å². The minimum Gasteiger partial charge on any atom is -0.434 e. The van der Waals surface area contributed by atoms with Crippen LogP contribution in [0.15, 0.2) is 193 Å². The molecule has 6 heteroatoms. The van der Waals surface area contributed by atoms with Crippen molar-refractivity contribution >= 4 is 22.2 Å². The summed E-state index contributed by atoms with van der Waals surface area (Å²) >= 11 is 0. The second-order valence-electron chi connectivity index (χ2n) is 13.4. The van der Waals surface area contributed by atoms with Gasteiger partial charge in [0.2, 0.25) is 5.71 Å². The number of furan rings is 1. The van der Waals surface area contributed by atoms with Crippen molar-refractivity contribution in [2.75, 3.05) is 0 Å². The predicted molar refractivity (Wildman–Crippen MR) is 221 cm³/mol. The Labute approximate surface area is 317 Å². The van der Waals surface area contributed by atoms with Crippen LogP contribution in [-0.4, -0.2) is 24.9 Å². The Balaban J connectivity index is 0.986. The second-order valence-corrected chi connectivity index (χ2v) is 13.4. The Morgan fingerprint density at radius 2 is 0.818 bits per heavy atom. The van der Waals surface area contributed by atoms with Gasteiger partial charge in [-0.15, -0.1) is 0 Å². The van der Waals surface area contributed by atoms with Gasteiger partial charge in [0.1, 0.15) is 5.52 Å². The summed E-state index contributed by atoms with van der Waals surface area (Å²) in [5, 5.41) is 0.844. The van der Waals surface area contributed by atoms with Crippen LogP contribution in [0.3, 0.4) is 0 Å². The normalized spacial score (nSPS) is 11.3. The molecule has 0 saturated carbocycles. The van der Waals surface area contributed by atoms with Gasteiger partial charge in [0.25, 0.3) is 0 Å². The van der Waals surface area contributed by atoms with Crippen molar-refractivity contribution in [3.8, 4) is 78.7 Å². The number of nitrogens with zero attached hydrogens (tertiary/aromatic N) is 5. The third-order valence-electron chi connectivity index (χ3n) is 9.86. The van der Waals surface area contributed by atoms with Crippen molar-refractivity contribution in [1.29, 1.82) is 0 Å². The molecule has 0 spiro atoms. The van der Waals surface area contributed by atoms with Gasteiger partial charge in [-0.1, -0.05) is 158 Å². The molecule has 10 aromatic rings. The lowest BCUT2D eigenvalue weighted by atomic mass is 9.99. The number of hydrogen-bond acceptors (Lipinski definition) is 6. The molecule has 0 aliphatic carbocycles. The topological polar surface area (TPSA) is 77.6 Å². The first-order valence-electron chi connectivity index (χ1n) is 18.1. The summed E-state index contributed by atoms with van der Waals surface area (Å²) in [7, 11) is 0.